The van der Waals surface area contributed by atoms with Crippen molar-refractivity contribution >= 4 is 38.9 Å². The molecule has 0 unspecified atom stereocenters. The second-order valence-electron chi connectivity index (χ2n) is 4.71. The average Bonchev–Trinajstić information content (AvgIpc) is 2.46. The molecule has 0 radical (unpaired) electrons. The summed E-state index contributed by atoms with van der Waals surface area (Å²) in [5.41, 5.74) is 1.29. The van der Waals surface area contributed by atoms with E-state index in [1.54, 1.807) is 48.5 Å². The van der Waals surface area contributed by atoms with Crippen molar-refractivity contribution in [3.8, 4) is 0 Å². The molecule has 0 spiro atoms. The molecule has 0 saturated carbocycles. The Kier molecular flexibility index (Phi) is 4.73. The van der Waals surface area contributed by atoms with Crippen LogP contribution in [0.2, 0.25) is 5.02 Å². The number of halogens is 1. The molecular weight excluding hydrogens is 324 g/mol. The quantitative estimate of drug-likeness (QED) is 0.932. The fourth-order valence-corrected chi connectivity index (χ4v) is 2.53. The summed E-state index contributed by atoms with van der Waals surface area (Å²) in [5.74, 6) is -0.357. The number of anilines is 2. The van der Waals surface area contributed by atoms with Gasteiger partial charge in [0.15, 0.2) is 0 Å². The van der Waals surface area contributed by atoms with Crippen LogP contribution in [0.1, 0.15) is 10.4 Å². The van der Waals surface area contributed by atoms with E-state index in [1.165, 1.54) is 7.05 Å². The number of carbonyl (C=O) groups is 1. The molecule has 0 aliphatic carbocycles. The average molecular weight is 339 g/mol. The van der Waals surface area contributed by atoms with E-state index in [2.05, 4.69) is 5.32 Å². The smallest absolute Gasteiger partial charge is 0.257 e. The summed E-state index contributed by atoms with van der Waals surface area (Å²) in [7, 11) is -1.91. The lowest BCUT2D eigenvalue weighted by atomic mass is 10.2. The van der Waals surface area contributed by atoms with Gasteiger partial charge in [-0.05, 0) is 30.3 Å². The summed E-state index contributed by atoms with van der Waals surface area (Å²) in [6.07, 6.45) is 1.11. The number of benzene rings is 2. The standard InChI is InChI=1S/C15H15ClN2O3S/c1-18(22(2,20)21)12-7-5-6-11(10-12)17-15(19)13-8-3-4-9-14(13)16/h3-10H,1-2H3,(H,17,19). The summed E-state index contributed by atoms with van der Waals surface area (Å²) >= 11 is 5.98. The van der Waals surface area contributed by atoms with Crippen molar-refractivity contribution in [3.05, 3.63) is 59.1 Å². The van der Waals surface area contributed by atoms with E-state index in [0.29, 0.717) is 22.0 Å². The third kappa shape index (κ3) is 3.78. The monoisotopic (exact) mass is 338 g/mol. The number of rotatable bonds is 4. The van der Waals surface area contributed by atoms with Crippen molar-refractivity contribution in [2.75, 3.05) is 22.9 Å². The minimum Gasteiger partial charge on any atom is -0.322 e. The molecule has 0 fully saturated rings. The lowest BCUT2D eigenvalue weighted by Gasteiger charge is -2.17. The molecule has 0 aliphatic rings. The van der Waals surface area contributed by atoms with Gasteiger partial charge in [0, 0.05) is 12.7 Å². The van der Waals surface area contributed by atoms with E-state index >= 15 is 0 Å². The van der Waals surface area contributed by atoms with Crippen molar-refractivity contribution in [1.29, 1.82) is 0 Å². The first-order valence-corrected chi connectivity index (χ1v) is 8.61. The SMILES string of the molecule is CN(c1cccc(NC(=O)c2ccccc2Cl)c1)S(C)(=O)=O. The first-order valence-electron chi connectivity index (χ1n) is 6.39. The zero-order valence-corrected chi connectivity index (χ0v) is 13.6. The number of hydrogen-bond acceptors (Lipinski definition) is 3. The fourth-order valence-electron chi connectivity index (χ4n) is 1.81. The van der Waals surface area contributed by atoms with Crippen LogP contribution in [0, 0.1) is 0 Å². The Morgan fingerprint density at radius 1 is 1.14 bits per heavy atom. The van der Waals surface area contributed by atoms with Crippen molar-refractivity contribution in [1.82, 2.24) is 0 Å². The van der Waals surface area contributed by atoms with E-state index in [-0.39, 0.29) is 5.91 Å². The third-order valence-corrected chi connectivity index (χ3v) is 4.62. The minimum absolute atomic E-state index is 0.351. The summed E-state index contributed by atoms with van der Waals surface area (Å²) in [4.78, 5) is 12.2. The number of amides is 1. The first kappa shape index (κ1) is 16.3. The normalized spacial score (nSPS) is 11.0. The molecule has 0 atom stereocenters. The second-order valence-corrected chi connectivity index (χ2v) is 7.14. The predicted molar refractivity (Wildman–Crippen MR) is 89.1 cm³/mol. The van der Waals surface area contributed by atoms with Crippen LogP contribution in [-0.2, 0) is 10.0 Å². The molecule has 5 nitrogen and oxygen atoms in total. The lowest BCUT2D eigenvalue weighted by molar-refractivity contribution is 0.102. The molecule has 116 valence electrons. The van der Waals surface area contributed by atoms with Crippen LogP contribution in [0.3, 0.4) is 0 Å². The van der Waals surface area contributed by atoms with E-state index in [9.17, 15) is 13.2 Å². The van der Waals surface area contributed by atoms with Gasteiger partial charge in [0.1, 0.15) is 0 Å². The molecule has 7 heteroatoms. The Balaban J connectivity index is 2.25. The molecule has 2 aromatic rings. The van der Waals surface area contributed by atoms with Crippen LogP contribution in [0.4, 0.5) is 11.4 Å². The van der Waals surface area contributed by atoms with E-state index in [4.69, 9.17) is 11.6 Å². The third-order valence-electron chi connectivity index (χ3n) is 3.08. The number of nitrogens with zero attached hydrogens (tertiary/aromatic N) is 1. The molecule has 2 aromatic carbocycles. The number of carbonyl (C=O) groups excluding carboxylic acids is 1. The van der Waals surface area contributed by atoms with E-state index < -0.39 is 10.0 Å². The fraction of sp³-hybridized carbons (Fsp3) is 0.133. The van der Waals surface area contributed by atoms with E-state index in [1.807, 2.05) is 0 Å². The highest BCUT2D eigenvalue weighted by Gasteiger charge is 2.14. The molecule has 0 saturated heterocycles. The van der Waals surface area contributed by atoms with Gasteiger partial charge in [0.25, 0.3) is 5.91 Å². The van der Waals surface area contributed by atoms with Gasteiger partial charge < -0.3 is 5.32 Å². The molecule has 22 heavy (non-hydrogen) atoms. The van der Waals surface area contributed by atoms with Crippen LogP contribution < -0.4 is 9.62 Å². The number of sulfonamides is 1. The van der Waals surface area contributed by atoms with E-state index in [0.717, 1.165) is 10.6 Å². The molecular formula is C15H15ClN2O3S. The molecule has 0 heterocycles. The second kappa shape index (κ2) is 6.37. The first-order chi connectivity index (χ1) is 10.3. The van der Waals surface area contributed by atoms with Crippen molar-refractivity contribution in [2.45, 2.75) is 0 Å². The van der Waals surface area contributed by atoms with Crippen LogP contribution in [0.5, 0.6) is 0 Å². The maximum absolute atomic E-state index is 12.2. The molecule has 2 rings (SSSR count). The molecule has 1 N–H and O–H groups in total. The molecule has 0 aromatic heterocycles. The maximum atomic E-state index is 12.2. The molecule has 0 bridgehead atoms. The topological polar surface area (TPSA) is 66.5 Å². The van der Waals surface area contributed by atoms with Crippen LogP contribution in [-0.4, -0.2) is 27.6 Å². The Hall–Kier alpha value is -2.05. The highest BCUT2D eigenvalue weighted by atomic mass is 35.5. The van der Waals surface area contributed by atoms with Gasteiger partial charge in [0.05, 0.1) is 22.5 Å². The highest BCUT2D eigenvalue weighted by Crippen LogP contribution is 2.22. The lowest BCUT2D eigenvalue weighted by Crippen LogP contribution is -2.24. The maximum Gasteiger partial charge on any atom is 0.257 e. The number of nitrogens with one attached hydrogen (secondary N) is 1. The Morgan fingerprint density at radius 2 is 1.82 bits per heavy atom. The summed E-state index contributed by atoms with van der Waals surface area (Å²) in [6, 6.07) is 13.3. The zero-order valence-electron chi connectivity index (χ0n) is 12.1. The minimum atomic E-state index is -3.36. The van der Waals surface area contributed by atoms with Crippen LogP contribution in [0.15, 0.2) is 48.5 Å². The molecule has 1 amide bonds. The van der Waals surface area contributed by atoms with Gasteiger partial charge in [-0.3, -0.25) is 9.10 Å². The largest absolute Gasteiger partial charge is 0.322 e. The van der Waals surface area contributed by atoms with Gasteiger partial charge in [-0.25, -0.2) is 8.42 Å². The summed E-state index contributed by atoms with van der Waals surface area (Å²) in [5, 5.41) is 3.05. The summed E-state index contributed by atoms with van der Waals surface area (Å²) in [6.45, 7) is 0. The Labute approximate surface area is 134 Å². The zero-order chi connectivity index (χ0) is 16.3. The Bertz CT molecular complexity index is 806. The number of hydrogen-bond donors (Lipinski definition) is 1. The summed E-state index contributed by atoms with van der Waals surface area (Å²) < 4.78 is 24.2. The van der Waals surface area contributed by atoms with Crippen LogP contribution in [0.25, 0.3) is 0 Å². The van der Waals surface area contributed by atoms with Gasteiger partial charge in [0.2, 0.25) is 10.0 Å². The van der Waals surface area contributed by atoms with Crippen molar-refractivity contribution in [3.63, 3.8) is 0 Å². The highest BCUT2D eigenvalue weighted by molar-refractivity contribution is 7.92. The van der Waals surface area contributed by atoms with Gasteiger partial charge >= 0.3 is 0 Å². The van der Waals surface area contributed by atoms with Crippen LogP contribution >= 0.6 is 11.6 Å². The predicted octanol–water partition coefficient (Wildman–Crippen LogP) is 2.99. The van der Waals surface area contributed by atoms with Gasteiger partial charge in [-0.15, -0.1) is 0 Å². The van der Waals surface area contributed by atoms with Gasteiger partial charge in [-0.2, -0.15) is 0 Å². The Morgan fingerprint density at radius 3 is 2.45 bits per heavy atom. The van der Waals surface area contributed by atoms with Crippen molar-refractivity contribution in [2.24, 2.45) is 0 Å². The molecule has 0 aliphatic heterocycles. The van der Waals surface area contributed by atoms with Gasteiger partial charge in [-0.1, -0.05) is 29.8 Å². The van der Waals surface area contributed by atoms with Crippen molar-refractivity contribution < 1.29 is 13.2 Å².